The summed E-state index contributed by atoms with van der Waals surface area (Å²) in [5.74, 6) is -0.698. The Morgan fingerprint density at radius 2 is 1.79 bits per heavy atom. The highest BCUT2D eigenvalue weighted by Gasteiger charge is 2.31. The molecule has 0 radical (unpaired) electrons. The number of carbonyl (C=O) groups excluding carboxylic acids is 3. The van der Waals surface area contributed by atoms with Crippen molar-refractivity contribution in [1.29, 1.82) is 0 Å². The van der Waals surface area contributed by atoms with E-state index in [0.717, 1.165) is 5.56 Å². The maximum Gasteiger partial charge on any atom is 0.251 e. The predicted octanol–water partition coefficient (Wildman–Crippen LogP) is 4.28. The van der Waals surface area contributed by atoms with E-state index < -0.39 is 12.1 Å². The smallest absolute Gasteiger partial charge is 0.251 e. The first-order valence-electron chi connectivity index (χ1n) is 12.7. The van der Waals surface area contributed by atoms with Gasteiger partial charge in [0.05, 0.1) is 22.1 Å². The van der Waals surface area contributed by atoms with Gasteiger partial charge in [-0.3, -0.25) is 14.4 Å². The number of benzene rings is 2. The molecule has 1 fully saturated rings. The fourth-order valence-corrected chi connectivity index (χ4v) is 4.94. The van der Waals surface area contributed by atoms with Crippen LogP contribution in [0.1, 0.15) is 42.6 Å². The van der Waals surface area contributed by atoms with Crippen LogP contribution in [0.3, 0.4) is 0 Å². The van der Waals surface area contributed by atoms with Gasteiger partial charge in [-0.25, -0.2) is 0 Å². The van der Waals surface area contributed by atoms with E-state index in [0.29, 0.717) is 51.6 Å². The second-order valence-corrected chi connectivity index (χ2v) is 11.5. The van der Waals surface area contributed by atoms with E-state index in [9.17, 15) is 14.4 Å². The van der Waals surface area contributed by atoms with Crippen LogP contribution in [0.2, 0.25) is 20.1 Å². The Hall–Kier alpha value is -2.07. The van der Waals surface area contributed by atoms with Gasteiger partial charge in [0.2, 0.25) is 11.8 Å². The minimum Gasteiger partial charge on any atom is -0.355 e. The molecular formula is C27H33Cl4N5O3. The molecule has 1 unspecified atom stereocenters. The van der Waals surface area contributed by atoms with Crippen LogP contribution in [0.25, 0.3) is 0 Å². The predicted molar refractivity (Wildman–Crippen MR) is 156 cm³/mol. The van der Waals surface area contributed by atoms with Crippen molar-refractivity contribution in [2.45, 2.75) is 51.4 Å². The molecule has 2 aromatic rings. The van der Waals surface area contributed by atoms with E-state index in [1.54, 1.807) is 35.2 Å². The Morgan fingerprint density at radius 1 is 1.05 bits per heavy atom. The van der Waals surface area contributed by atoms with Crippen molar-refractivity contribution in [1.82, 2.24) is 20.9 Å². The molecule has 2 aromatic carbocycles. The largest absolute Gasteiger partial charge is 0.355 e. The van der Waals surface area contributed by atoms with Crippen molar-refractivity contribution in [3.63, 3.8) is 0 Å². The fraction of sp³-hybridized carbons (Fsp3) is 0.444. The van der Waals surface area contributed by atoms with Gasteiger partial charge in [-0.2, -0.15) is 0 Å². The fourth-order valence-electron chi connectivity index (χ4n) is 4.18. The zero-order chi connectivity index (χ0) is 28.7. The van der Waals surface area contributed by atoms with Crippen LogP contribution in [0, 0.1) is 5.92 Å². The number of nitrogens with one attached hydrogen (secondary N) is 3. The Labute approximate surface area is 248 Å². The van der Waals surface area contributed by atoms with Crippen LogP contribution < -0.4 is 21.7 Å². The lowest BCUT2D eigenvalue weighted by molar-refractivity contribution is -0.133. The summed E-state index contributed by atoms with van der Waals surface area (Å²) >= 11 is 24.4. The molecule has 3 rings (SSSR count). The van der Waals surface area contributed by atoms with E-state index in [2.05, 4.69) is 16.0 Å². The summed E-state index contributed by atoms with van der Waals surface area (Å²) in [5, 5.41) is 10.7. The number of nitrogens with two attached hydrogens (primary N) is 1. The molecule has 0 aliphatic carbocycles. The number of halogens is 4. The highest BCUT2D eigenvalue weighted by molar-refractivity contribution is 6.42. The topological polar surface area (TPSA) is 117 Å². The Bertz CT molecular complexity index is 1200. The summed E-state index contributed by atoms with van der Waals surface area (Å²) in [6.45, 7) is 5.04. The first-order chi connectivity index (χ1) is 18.5. The third-order valence-corrected chi connectivity index (χ3v) is 7.94. The molecule has 1 heterocycles. The van der Waals surface area contributed by atoms with Crippen molar-refractivity contribution in [2.24, 2.45) is 11.7 Å². The minimum absolute atomic E-state index is 0.00855. The van der Waals surface area contributed by atoms with Crippen LogP contribution in [-0.2, 0) is 16.1 Å². The van der Waals surface area contributed by atoms with Gasteiger partial charge in [-0.15, -0.1) is 0 Å². The summed E-state index contributed by atoms with van der Waals surface area (Å²) in [7, 11) is 0. The minimum atomic E-state index is -0.629. The quantitative estimate of drug-likeness (QED) is 0.318. The molecule has 12 heteroatoms. The lowest BCUT2D eigenvalue weighted by Gasteiger charge is -2.25. The van der Waals surface area contributed by atoms with Gasteiger partial charge in [-0.1, -0.05) is 66.3 Å². The van der Waals surface area contributed by atoms with Crippen molar-refractivity contribution in [3.05, 3.63) is 67.6 Å². The highest BCUT2D eigenvalue weighted by Crippen LogP contribution is 2.24. The SMILES string of the molecule is CC(C)C(N)C(=O)NCC[C@@H]1N[C@H](CNC(=O)c2ccc(Cl)c(Cl)c2)CCN(Cc2ccc(Cl)cc2Cl)C1=O. The summed E-state index contributed by atoms with van der Waals surface area (Å²) in [4.78, 5) is 40.3. The third-order valence-electron chi connectivity index (χ3n) is 6.61. The highest BCUT2D eigenvalue weighted by atomic mass is 35.5. The maximum atomic E-state index is 13.6. The van der Waals surface area contributed by atoms with Crippen LogP contribution in [0.5, 0.6) is 0 Å². The van der Waals surface area contributed by atoms with E-state index in [1.807, 2.05) is 13.8 Å². The summed E-state index contributed by atoms with van der Waals surface area (Å²) in [6, 6.07) is 8.42. The summed E-state index contributed by atoms with van der Waals surface area (Å²) < 4.78 is 0. The summed E-state index contributed by atoms with van der Waals surface area (Å²) in [6.07, 6.45) is 0.928. The van der Waals surface area contributed by atoms with Gasteiger partial charge < -0.3 is 26.6 Å². The van der Waals surface area contributed by atoms with Crippen LogP contribution in [0.4, 0.5) is 0 Å². The number of hydrogen-bond donors (Lipinski definition) is 4. The average molecular weight is 617 g/mol. The Kier molecular flexibility index (Phi) is 11.7. The number of amides is 3. The van der Waals surface area contributed by atoms with E-state index in [-0.39, 0.29) is 42.8 Å². The second kappa shape index (κ2) is 14.5. The Balaban J connectivity index is 1.70. The molecule has 1 aliphatic rings. The van der Waals surface area contributed by atoms with Crippen molar-refractivity contribution >= 4 is 64.1 Å². The molecule has 0 spiro atoms. The molecule has 0 saturated carbocycles. The molecule has 39 heavy (non-hydrogen) atoms. The van der Waals surface area contributed by atoms with Crippen LogP contribution in [-0.4, -0.2) is 60.4 Å². The zero-order valence-corrected chi connectivity index (χ0v) is 24.8. The monoisotopic (exact) mass is 615 g/mol. The van der Waals surface area contributed by atoms with Crippen molar-refractivity contribution in [3.8, 4) is 0 Å². The molecule has 212 valence electrons. The number of nitrogens with zero attached hydrogens (tertiary/aromatic N) is 1. The normalized spacial score (nSPS) is 18.6. The number of carbonyl (C=O) groups is 3. The maximum absolute atomic E-state index is 13.6. The third kappa shape index (κ3) is 8.96. The Morgan fingerprint density at radius 3 is 2.46 bits per heavy atom. The molecule has 5 N–H and O–H groups in total. The molecular weight excluding hydrogens is 584 g/mol. The van der Waals surface area contributed by atoms with Crippen LogP contribution in [0.15, 0.2) is 36.4 Å². The van der Waals surface area contributed by atoms with Gasteiger partial charge in [0.1, 0.15) is 0 Å². The molecule has 0 bridgehead atoms. The molecule has 3 atom stereocenters. The van der Waals surface area contributed by atoms with Gasteiger partial charge in [-0.05, 0) is 54.7 Å². The molecule has 3 amide bonds. The number of hydrogen-bond acceptors (Lipinski definition) is 5. The average Bonchev–Trinajstić information content (AvgIpc) is 3.03. The van der Waals surface area contributed by atoms with Crippen molar-refractivity contribution in [2.75, 3.05) is 19.6 Å². The van der Waals surface area contributed by atoms with E-state index in [4.69, 9.17) is 52.1 Å². The van der Waals surface area contributed by atoms with Gasteiger partial charge >= 0.3 is 0 Å². The molecule has 0 aromatic heterocycles. The molecule has 8 nitrogen and oxygen atoms in total. The van der Waals surface area contributed by atoms with Gasteiger partial charge in [0.15, 0.2) is 0 Å². The van der Waals surface area contributed by atoms with Crippen LogP contribution >= 0.6 is 46.4 Å². The van der Waals surface area contributed by atoms with Gasteiger partial charge in [0, 0.05) is 47.8 Å². The van der Waals surface area contributed by atoms with Gasteiger partial charge in [0.25, 0.3) is 5.91 Å². The lowest BCUT2D eigenvalue weighted by Crippen LogP contribution is -2.50. The summed E-state index contributed by atoms with van der Waals surface area (Å²) in [5.41, 5.74) is 7.10. The first kappa shape index (κ1) is 31.5. The van der Waals surface area contributed by atoms with Crippen molar-refractivity contribution < 1.29 is 14.4 Å². The second-order valence-electron chi connectivity index (χ2n) is 9.89. The van der Waals surface area contributed by atoms with E-state index >= 15 is 0 Å². The standard InChI is InChI=1S/C27H33Cl4N5O3/c1-15(2)24(32)26(38)33-9-7-23-27(39)36(14-17-3-5-18(28)12-21(17)30)10-8-19(35-23)13-34-25(37)16-4-6-20(29)22(31)11-16/h3-6,11-12,15,19,23-24,35H,7-10,13-14,32H2,1-2H3,(H,33,38)(H,34,37)/t19-,23-,24?/m0/s1. The zero-order valence-electron chi connectivity index (χ0n) is 21.8. The first-order valence-corrected chi connectivity index (χ1v) is 14.2. The molecule has 1 aliphatic heterocycles. The lowest BCUT2D eigenvalue weighted by atomic mass is 10.0. The van der Waals surface area contributed by atoms with E-state index in [1.165, 1.54) is 6.07 Å². The number of rotatable bonds is 10. The molecule has 1 saturated heterocycles.